The molecule has 0 bridgehead atoms. The second-order valence-corrected chi connectivity index (χ2v) is 7.28. The number of rotatable bonds is 4. The van der Waals surface area contributed by atoms with E-state index < -0.39 is 5.91 Å². The van der Waals surface area contributed by atoms with Gasteiger partial charge in [0.05, 0.1) is 16.4 Å². The quantitative estimate of drug-likeness (QED) is 0.794. The van der Waals surface area contributed by atoms with Crippen molar-refractivity contribution in [2.75, 3.05) is 15.6 Å². The Hall–Kier alpha value is -3.19. The molecule has 0 saturated heterocycles. The molecular formula is C21H21ClN4O3. The molecule has 0 aliphatic carbocycles. The summed E-state index contributed by atoms with van der Waals surface area (Å²) >= 11 is 6.21. The van der Waals surface area contributed by atoms with E-state index in [9.17, 15) is 14.4 Å². The van der Waals surface area contributed by atoms with Crippen LogP contribution in [0, 0.1) is 13.8 Å². The summed E-state index contributed by atoms with van der Waals surface area (Å²) in [6.07, 6.45) is 0.433. The first kappa shape index (κ1) is 20.5. The van der Waals surface area contributed by atoms with E-state index in [0.717, 1.165) is 11.1 Å². The van der Waals surface area contributed by atoms with Crippen LogP contribution in [0.2, 0.25) is 5.02 Å². The van der Waals surface area contributed by atoms with E-state index in [1.165, 1.54) is 11.9 Å². The highest BCUT2D eigenvalue weighted by atomic mass is 35.5. The molecule has 3 amide bonds. The van der Waals surface area contributed by atoms with Crippen LogP contribution >= 0.6 is 11.6 Å². The van der Waals surface area contributed by atoms with Crippen LogP contribution in [0.5, 0.6) is 0 Å². The molecular weight excluding hydrogens is 392 g/mol. The van der Waals surface area contributed by atoms with Crippen LogP contribution in [0.3, 0.4) is 0 Å². The van der Waals surface area contributed by atoms with Crippen LogP contribution in [0.15, 0.2) is 41.5 Å². The zero-order chi connectivity index (χ0) is 21.1. The first-order chi connectivity index (χ1) is 13.7. The van der Waals surface area contributed by atoms with E-state index in [1.807, 2.05) is 32.0 Å². The van der Waals surface area contributed by atoms with Gasteiger partial charge in [-0.25, -0.2) is 5.01 Å². The van der Waals surface area contributed by atoms with Crippen molar-refractivity contribution < 1.29 is 14.4 Å². The van der Waals surface area contributed by atoms with Gasteiger partial charge in [-0.2, -0.15) is 5.10 Å². The molecule has 1 aliphatic heterocycles. The Balaban J connectivity index is 1.82. The Bertz CT molecular complexity index is 1030. The number of hydrogen-bond acceptors (Lipinski definition) is 4. The van der Waals surface area contributed by atoms with Crippen molar-refractivity contribution in [3.8, 4) is 0 Å². The van der Waals surface area contributed by atoms with Gasteiger partial charge >= 0.3 is 0 Å². The van der Waals surface area contributed by atoms with Gasteiger partial charge in [0.2, 0.25) is 11.8 Å². The Kier molecular flexibility index (Phi) is 5.98. The molecule has 1 aliphatic rings. The summed E-state index contributed by atoms with van der Waals surface area (Å²) in [6.45, 7) is 5.22. The number of carbonyl (C=O) groups is 3. The van der Waals surface area contributed by atoms with Gasteiger partial charge in [0.1, 0.15) is 5.71 Å². The van der Waals surface area contributed by atoms with Gasteiger partial charge in [-0.1, -0.05) is 23.7 Å². The SMILES string of the molecule is CC(=O)Nc1ccc(NC(=O)C2=NN(c3cc(C)ccc3C)C(=O)CC2)c(Cl)c1. The molecule has 7 nitrogen and oxygen atoms in total. The molecule has 150 valence electrons. The lowest BCUT2D eigenvalue weighted by molar-refractivity contribution is -0.119. The fourth-order valence-electron chi connectivity index (χ4n) is 2.94. The summed E-state index contributed by atoms with van der Waals surface area (Å²) in [5.74, 6) is -0.805. The van der Waals surface area contributed by atoms with Gasteiger partial charge in [-0.05, 0) is 49.2 Å². The van der Waals surface area contributed by atoms with Crippen LogP contribution in [-0.4, -0.2) is 23.4 Å². The molecule has 0 radical (unpaired) electrons. The lowest BCUT2D eigenvalue weighted by Crippen LogP contribution is -2.36. The Morgan fingerprint density at radius 2 is 1.83 bits per heavy atom. The minimum absolute atomic E-state index is 0.159. The third-order valence-corrected chi connectivity index (χ3v) is 4.74. The molecule has 0 unspecified atom stereocenters. The lowest BCUT2D eigenvalue weighted by Gasteiger charge is -2.25. The molecule has 29 heavy (non-hydrogen) atoms. The monoisotopic (exact) mass is 412 g/mol. The minimum atomic E-state index is -0.429. The number of nitrogens with one attached hydrogen (secondary N) is 2. The highest BCUT2D eigenvalue weighted by molar-refractivity contribution is 6.45. The number of amides is 3. The summed E-state index contributed by atoms with van der Waals surface area (Å²) in [5.41, 5.74) is 3.72. The number of benzene rings is 2. The fraction of sp³-hybridized carbons (Fsp3) is 0.238. The number of anilines is 3. The number of hydrazone groups is 1. The Morgan fingerprint density at radius 1 is 1.07 bits per heavy atom. The largest absolute Gasteiger partial charge is 0.326 e. The third-order valence-electron chi connectivity index (χ3n) is 4.43. The highest BCUT2D eigenvalue weighted by Crippen LogP contribution is 2.28. The maximum Gasteiger partial charge on any atom is 0.271 e. The predicted octanol–water partition coefficient (Wildman–Crippen LogP) is 4.04. The summed E-state index contributed by atoms with van der Waals surface area (Å²) in [6, 6.07) is 10.5. The molecule has 2 N–H and O–H groups in total. The predicted molar refractivity (Wildman–Crippen MR) is 114 cm³/mol. The van der Waals surface area contributed by atoms with E-state index >= 15 is 0 Å². The maximum absolute atomic E-state index is 12.7. The third kappa shape index (κ3) is 4.81. The Labute approximate surface area is 173 Å². The molecule has 2 aromatic rings. The van der Waals surface area contributed by atoms with E-state index in [-0.39, 0.29) is 35.4 Å². The van der Waals surface area contributed by atoms with Crippen LogP contribution in [-0.2, 0) is 14.4 Å². The van der Waals surface area contributed by atoms with Crippen LogP contribution in [0.25, 0.3) is 0 Å². The topological polar surface area (TPSA) is 90.9 Å². The highest BCUT2D eigenvalue weighted by Gasteiger charge is 2.27. The van der Waals surface area contributed by atoms with Crippen LogP contribution in [0.1, 0.15) is 30.9 Å². The van der Waals surface area contributed by atoms with E-state index in [4.69, 9.17) is 11.6 Å². The molecule has 0 saturated carbocycles. The zero-order valence-electron chi connectivity index (χ0n) is 16.4. The van der Waals surface area contributed by atoms with Crippen LogP contribution < -0.4 is 15.6 Å². The van der Waals surface area contributed by atoms with Crippen molar-refractivity contribution in [1.29, 1.82) is 0 Å². The lowest BCUT2D eigenvalue weighted by atomic mass is 10.1. The fourth-order valence-corrected chi connectivity index (χ4v) is 3.17. The molecule has 0 aromatic heterocycles. The van der Waals surface area contributed by atoms with Crippen molar-refractivity contribution >= 4 is 52.1 Å². The first-order valence-corrected chi connectivity index (χ1v) is 9.48. The van der Waals surface area contributed by atoms with Crippen molar-refractivity contribution in [1.82, 2.24) is 0 Å². The van der Waals surface area contributed by atoms with Gasteiger partial charge in [0.15, 0.2) is 0 Å². The molecule has 3 rings (SSSR count). The van der Waals surface area contributed by atoms with Crippen molar-refractivity contribution in [2.45, 2.75) is 33.6 Å². The van der Waals surface area contributed by atoms with E-state index in [2.05, 4.69) is 15.7 Å². The molecule has 0 spiro atoms. The molecule has 0 fully saturated rings. The van der Waals surface area contributed by atoms with E-state index in [0.29, 0.717) is 17.1 Å². The van der Waals surface area contributed by atoms with Gasteiger partial charge in [-0.15, -0.1) is 0 Å². The average Bonchev–Trinajstić information content (AvgIpc) is 2.66. The second kappa shape index (κ2) is 8.45. The summed E-state index contributed by atoms with van der Waals surface area (Å²) < 4.78 is 0. The number of carbonyl (C=O) groups excluding carboxylic acids is 3. The summed E-state index contributed by atoms with van der Waals surface area (Å²) in [7, 11) is 0. The maximum atomic E-state index is 12.7. The summed E-state index contributed by atoms with van der Waals surface area (Å²) in [5, 5.41) is 11.2. The molecule has 1 heterocycles. The molecule has 0 atom stereocenters. The van der Waals surface area contributed by atoms with Gasteiger partial charge in [-0.3, -0.25) is 14.4 Å². The summed E-state index contributed by atoms with van der Waals surface area (Å²) in [4.78, 5) is 36.2. The zero-order valence-corrected chi connectivity index (χ0v) is 17.1. The van der Waals surface area contributed by atoms with Crippen LogP contribution in [0.4, 0.5) is 17.1 Å². The normalized spacial score (nSPS) is 13.7. The van der Waals surface area contributed by atoms with E-state index in [1.54, 1.807) is 18.2 Å². The molecule has 8 heteroatoms. The average molecular weight is 413 g/mol. The number of aryl methyl sites for hydroxylation is 2. The minimum Gasteiger partial charge on any atom is -0.326 e. The molecule has 2 aromatic carbocycles. The number of nitrogens with zero attached hydrogens (tertiary/aromatic N) is 2. The Morgan fingerprint density at radius 3 is 2.52 bits per heavy atom. The number of hydrogen-bond donors (Lipinski definition) is 2. The van der Waals surface area contributed by atoms with Gasteiger partial charge in [0, 0.05) is 25.5 Å². The van der Waals surface area contributed by atoms with Crippen molar-refractivity contribution in [2.24, 2.45) is 5.10 Å². The van der Waals surface area contributed by atoms with Gasteiger partial charge in [0.25, 0.3) is 5.91 Å². The van der Waals surface area contributed by atoms with Gasteiger partial charge < -0.3 is 10.6 Å². The smallest absolute Gasteiger partial charge is 0.271 e. The van der Waals surface area contributed by atoms with Crippen molar-refractivity contribution in [3.05, 3.63) is 52.5 Å². The van der Waals surface area contributed by atoms with Crippen molar-refractivity contribution in [3.63, 3.8) is 0 Å². The number of halogens is 1. The first-order valence-electron chi connectivity index (χ1n) is 9.11. The second-order valence-electron chi connectivity index (χ2n) is 6.87. The standard InChI is InChI=1S/C21H21ClN4O3/c1-12-4-5-13(2)19(10-12)26-20(28)9-8-18(25-26)21(29)24-17-7-6-15(11-16(17)22)23-14(3)27/h4-7,10-11H,8-9H2,1-3H3,(H,23,27)(H,24,29).